The van der Waals surface area contributed by atoms with Gasteiger partial charge < -0.3 is 20.3 Å². The molecule has 0 aromatic heterocycles. The fourth-order valence-electron chi connectivity index (χ4n) is 2.74. The zero-order valence-electron chi connectivity index (χ0n) is 16.3. The molecule has 0 aliphatic heterocycles. The number of rotatable bonds is 8. The number of likely N-dealkylation sites (N-methyl/N-ethyl adjacent to an activating group) is 1. The Labute approximate surface area is 160 Å². The molecule has 0 radical (unpaired) electrons. The van der Waals surface area contributed by atoms with Crippen LogP contribution in [0.25, 0.3) is 0 Å². The smallest absolute Gasteiger partial charge is 0.251 e. The third kappa shape index (κ3) is 6.11. The lowest BCUT2D eigenvalue weighted by Crippen LogP contribution is -2.34. The Bertz CT molecular complexity index is 772. The van der Waals surface area contributed by atoms with Crippen LogP contribution in [0, 0.1) is 0 Å². The van der Waals surface area contributed by atoms with E-state index in [9.17, 15) is 9.59 Å². The molecule has 0 bridgehead atoms. The number of hydrogen-bond donors (Lipinski definition) is 2. The number of nitrogens with one attached hydrogen (secondary N) is 2. The minimum Gasteiger partial charge on any atom is -0.497 e. The molecule has 2 N–H and O–H groups in total. The normalized spacial score (nSPS) is 11.7. The first kappa shape index (κ1) is 20.5. The molecule has 2 amide bonds. The lowest BCUT2D eigenvalue weighted by atomic mass is 10.1. The van der Waals surface area contributed by atoms with Gasteiger partial charge in [-0.2, -0.15) is 0 Å². The molecule has 0 spiro atoms. The van der Waals surface area contributed by atoms with Crippen LogP contribution in [0.3, 0.4) is 0 Å². The van der Waals surface area contributed by atoms with Crippen LogP contribution in [-0.2, 0) is 11.3 Å². The van der Waals surface area contributed by atoms with Crippen LogP contribution in [0.1, 0.15) is 34.5 Å². The van der Waals surface area contributed by atoms with E-state index in [1.165, 1.54) is 6.92 Å². The summed E-state index contributed by atoms with van der Waals surface area (Å²) >= 11 is 0. The SMILES string of the molecule is COc1cccc(C(CNC(=O)c2ccc(CNC(C)=O)cc2)N(C)C)c1. The average molecular weight is 369 g/mol. The maximum atomic E-state index is 12.5. The third-order valence-electron chi connectivity index (χ3n) is 4.32. The van der Waals surface area contributed by atoms with E-state index in [0.29, 0.717) is 18.7 Å². The molecule has 2 aromatic carbocycles. The van der Waals surface area contributed by atoms with Gasteiger partial charge in [0.15, 0.2) is 0 Å². The van der Waals surface area contributed by atoms with Gasteiger partial charge in [0.05, 0.1) is 13.2 Å². The summed E-state index contributed by atoms with van der Waals surface area (Å²) in [5.74, 6) is 0.584. The quantitative estimate of drug-likeness (QED) is 0.749. The number of hydrogen-bond acceptors (Lipinski definition) is 4. The first-order valence-electron chi connectivity index (χ1n) is 8.82. The second kappa shape index (κ2) is 9.73. The molecule has 6 nitrogen and oxygen atoms in total. The maximum Gasteiger partial charge on any atom is 0.251 e. The molecular formula is C21H27N3O3. The molecule has 0 aliphatic carbocycles. The Morgan fingerprint density at radius 1 is 1.07 bits per heavy atom. The van der Waals surface area contributed by atoms with E-state index in [1.54, 1.807) is 19.2 Å². The van der Waals surface area contributed by atoms with E-state index < -0.39 is 0 Å². The summed E-state index contributed by atoms with van der Waals surface area (Å²) in [5.41, 5.74) is 2.61. The van der Waals surface area contributed by atoms with Gasteiger partial charge in [-0.25, -0.2) is 0 Å². The highest BCUT2D eigenvalue weighted by Crippen LogP contribution is 2.22. The largest absolute Gasteiger partial charge is 0.497 e. The van der Waals surface area contributed by atoms with Crippen molar-refractivity contribution in [2.24, 2.45) is 0 Å². The zero-order chi connectivity index (χ0) is 19.8. The minimum absolute atomic E-state index is 0.0306. The van der Waals surface area contributed by atoms with Crippen molar-refractivity contribution in [3.05, 3.63) is 65.2 Å². The van der Waals surface area contributed by atoms with Crippen LogP contribution in [0.2, 0.25) is 0 Å². The van der Waals surface area contributed by atoms with Crippen molar-refractivity contribution in [2.45, 2.75) is 19.5 Å². The predicted octanol–water partition coefficient (Wildman–Crippen LogP) is 2.36. The minimum atomic E-state index is -0.129. The lowest BCUT2D eigenvalue weighted by Gasteiger charge is -2.25. The predicted molar refractivity (Wildman–Crippen MR) is 106 cm³/mol. The maximum absolute atomic E-state index is 12.5. The van der Waals surface area contributed by atoms with Crippen LogP contribution in [0.5, 0.6) is 5.75 Å². The van der Waals surface area contributed by atoms with Crippen LogP contribution >= 0.6 is 0 Å². The molecule has 0 heterocycles. The summed E-state index contributed by atoms with van der Waals surface area (Å²) in [4.78, 5) is 25.5. The van der Waals surface area contributed by atoms with Gasteiger partial charge in [0, 0.05) is 25.6 Å². The van der Waals surface area contributed by atoms with Gasteiger partial charge >= 0.3 is 0 Å². The number of carbonyl (C=O) groups is 2. The highest BCUT2D eigenvalue weighted by atomic mass is 16.5. The van der Waals surface area contributed by atoms with E-state index in [4.69, 9.17) is 4.74 Å². The van der Waals surface area contributed by atoms with E-state index in [-0.39, 0.29) is 17.9 Å². The Kier molecular flexibility index (Phi) is 7.37. The Morgan fingerprint density at radius 2 is 1.78 bits per heavy atom. The molecule has 0 aliphatic rings. The molecule has 27 heavy (non-hydrogen) atoms. The van der Waals surface area contributed by atoms with Gasteiger partial charge in [-0.1, -0.05) is 24.3 Å². The molecule has 0 saturated carbocycles. The van der Waals surface area contributed by atoms with Gasteiger partial charge in [0.25, 0.3) is 5.91 Å². The number of amides is 2. The van der Waals surface area contributed by atoms with E-state index in [2.05, 4.69) is 15.5 Å². The van der Waals surface area contributed by atoms with Gasteiger partial charge in [0.2, 0.25) is 5.91 Å². The van der Waals surface area contributed by atoms with Crippen molar-refractivity contribution in [3.8, 4) is 5.75 Å². The Balaban J connectivity index is 2.00. The second-order valence-corrected chi connectivity index (χ2v) is 6.57. The van der Waals surface area contributed by atoms with Crippen molar-refractivity contribution in [2.75, 3.05) is 27.7 Å². The van der Waals surface area contributed by atoms with Crippen LogP contribution in [-0.4, -0.2) is 44.5 Å². The Morgan fingerprint density at radius 3 is 2.37 bits per heavy atom. The standard InChI is InChI=1S/C21H27N3O3/c1-15(25)22-13-16-8-10-17(11-9-16)21(26)23-14-20(24(2)3)18-6-5-7-19(12-18)27-4/h5-12,20H,13-14H2,1-4H3,(H,22,25)(H,23,26). The molecule has 0 saturated heterocycles. The van der Waals surface area contributed by atoms with Crippen molar-refractivity contribution >= 4 is 11.8 Å². The van der Waals surface area contributed by atoms with Crippen LogP contribution < -0.4 is 15.4 Å². The molecule has 1 unspecified atom stereocenters. The lowest BCUT2D eigenvalue weighted by molar-refractivity contribution is -0.119. The Hall–Kier alpha value is -2.86. The summed E-state index contributed by atoms with van der Waals surface area (Å²) in [6.45, 7) is 2.41. The summed E-state index contributed by atoms with van der Waals surface area (Å²) in [5, 5.41) is 5.73. The molecule has 2 aromatic rings. The number of nitrogens with zero attached hydrogens (tertiary/aromatic N) is 1. The highest BCUT2D eigenvalue weighted by Gasteiger charge is 2.16. The first-order valence-corrected chi connectivity index (χ1v) is 8.82. The van der Waals surface area contributed by atoms with Crippen LogP contribution in [0.4, 0.5) is 0 Å². The monoisotopic (exact) mass is 369 g/mol. The first-order chi connectivity index (χ1) is 12.9. The van der Waals surface area contributed by atoms with Crippen LogP contribution in [0.15, 0.2) is 48.5 Å². The zero-order valence-corrected chi connectivity index (χ0v) is 16.3. The second-order valence-electron chi connectivity index (χ2n) is 6.57. The molecule has 0 fully saturated rings. The van der Waals surface area contributed by atoms with E-state index in [0.717, 1.165) is 16.9 Å². The van der Waals surface area contributed by atoms with Crippen molar-refractivity contribution < 1.29 is 14.3 Å². The molecular weight excluding hydrogens is 342 g/mol. The van der Waals surface area contributed by atoms with Gasteiger partial charge in [-0.15, -0.1) is 0 Å². The molecule has 144 valence electrons. The van der Waals surface area contributed by atoms with Gasteiger partial charge in [0.1, 0.15) is 5.75 Å². The average Bonchev–Trinajstić information content (AvgIpc) is 2.66. The third-order valence-corrected chi connectivity index (χ3v) is 4.32. The summed E-state index contributed by atoms with van der Waals surface area (Å²) in [7, 11) is 5.60. The molecule has 2 rings (SSSR count). The summed E-state index contributed by atoms with van der Waals surface area (Å²) in [6, 6.07) is 15.1. The fraction of sp³-hybridized carbons (Fsp3) is 0.333. The van der Waals surface area contributed by atoms with Crippen molar-refractivity contribution in [3.63, 3.8) is 0 Å². The topological polar surface area (TPSA) is 70.7 Å². The summed E-state index contributed by atoms with van der Waals surface area (Å²) in [6.07, 6.45) is 0. The summed E-state index contributed by atoms with van der Waals surface area (Å²) < 4.78 is 5.29. The number of ether oxygens (including phenoxy) is 1. The van der Waals surface area contributed by atoms with Crippen molar-refractivity contribution in [1.82, 2.24) is 15.5 Å². The van der Waals surface area contributed by atoms with Gasteiger partial charge in [-0.05, 0) is 49.5 Å². The number of carbonyl (C=O) groups excluding carboxylic acids is 2. The van der Waals surface area contributed by atoms with Crippen molar-refractivity contribution in [1.29, 1.82) is 0 Å². The van der Waals surface area contributed by atoms with E-state index in [1.807, 2.05) is 50.5 Å². The van der Waals surface area contributed by atoms with E-state index >= 15 is 0 Å². The number of benzene rings is 2. The fourth-order valence-corrected chi connectivity index (χ4v) is 2.74. The van der Waals surface area contributed by atoms with Gasteiger partial charge in [-0.3, -0.25) is 9.59 Å². The molecule has 6 heteroatoms. The number of methoxy groups -OCH3 is 1. The molecule has 1 atom stereocenters. The highest BCUT2D eigenvalue weighted by molar-refractivity contribution is 5.94.